The van der Waals surface area contributed by atoms with Crippen molar-refractivity contribution < 1.29 is 4.79 Å². The molecule has 2 rings (SSSR count). The largest absolute Gasteiger partial charge is 0.322 e. The second-order valence-corrected chi connectivity index (χ2v) is 5.04. The van der Waals surface area contributed by atoms with Gasteiger partial charge in [-0.25, -0.2) is 0 Å². The number of carbonyl (C=O) groups excluding carboxylic acids is 1. The normalized spacial score (nSPS) is 9.90. The molecule has 2 aromatic carbocycles. The van der Waals surface area contributed by atoms with Gasteiger partial charge in [-0.1, -0.05) is 28.8 Å². The minimum absolute atomic E-state index is 0.197. The van der Waals surface area contributed by atoms with Crippen LogP contribution in [-0.4, -0.2) is 5.91 Å². The van der Waals surface area contributed by atoms with Crippen LogP contribution < -0.4 is 5.32 Å². The molecule has 0 aromatic heterocycles. The smallest absolute Gasteiger partial charge is 0.255 e. The molecule has 0 atom stereocenters. The van der Waals surface area contributed by atoms with Crippen LogP contribution in [0.1, 0.15) is 27.0 Å². The molecule has 1 N–H and O–H groups in total. The van der Waals surface area contributed by atoms with Gasteiger partial charge in [0.2, 0.25) is 0 Å². The number of aryl methyl sites for hydroxylation is 2. The summed E-state index contributed by atoms with van der Waals surface area (Å²) in [5, 5.41) is 11.9. The molecule has 0 aliphatic heterocycles. The highest BCUT2D eigenvalue weighted by molar-refractivity contribution is 6.32. The number of halogens is 1. The van der Waals surface area contributed by atoms with E-state index < -0.39 is 0 Å². The third-order valence-electron chi connectivity index (χ3n) is 2.83. The van der Waals surface area contributed by atoms with E-state index in [9.17, 15) is 4.79 Å². The highest BCUT2D eigenvalue weighted by atomic mass is 35.5. The van der Waals surface area contributed by atoms with Gasteiger partial charge in [0.05, 0.1) is 10.6 Å². The van der Waals surface area contributed by atoms with E-state index in [-0.39, 0.29) is 5.91 Å². The molecule has 0 bridgehead atoms. The van der Waals surface area contributed by atoms with Crippen molar-refractivity contribution in [3.05, 3.63) is 63.7 Å². The fourth-order valence-electron chi connectivity index (χ4n) is 1.99. The van der Waals surface area contributed by atoms with Gasteiger partial charge in [-0.05, 0) is 44.2 Å². The number of anilines is 1. The Kier molecular flexibility index (Phi) is 4.07. The van der Waals surface area contributed by atoms with Crippen LogP contribution >= 0.6 is 11.6 Å². The lowest BCUT2D eigenvalue weighted by atomic mass is 10.1. The maximum Gasteiger partial charge on any atom is 0.255 e. The molecule has 1 amide bonds. The summed E-state index contributed by atoms with van der Waals surface area (Å²) in [4.78, 5) is 12.2. The molecule has 0 radical (unpaired) electrons. The van der Waals surface area contributed by atoms with Crippen molar-refractivity contribution in [2.75, 3.05) is 5.32 Å². The molecule has 0 fully saturated rings. The van der Waals surface area contributed by atoms with Gasteiger partial charge >= 0.3 is 0 Å². The number of rotatable bonds is 2. The fraction of sp³-hybridized carbons (Fsp3) is 0.125. The first kappa shape index (κ1) is 14.1. The number of hydrogen-bond acceptors (Lipinski definition) is 2. The maximum atomic E-state index is 12.2. The Labute approximate surface area is 122 Å². The highest BCUT2D eigenvalue weighted by Crippen LogP contribution is 2.21. The van der Waals surface area contributed by atoms with Crippen molar-refractivity contribution in [3.8, 4) is 6.07 Å². The molecular weight excluding hydrogens is 272 g/mol. The van der Waals surface area contributed by atoms with Crippen molar-refractivity contribution in [2.45, 2.75) is 13.8 Å². The topological polar surface area (TPSA) is 52.9 Å². The first-order valence-electron chi connectivity index (χ1n) is 6.09. The summed E-state index contributed by atoms with van der Waals surface area (Å²) >= 11 is 5.94. The Morgan fingerprint density at radius 2 is 1.80 bits per heavy atom. The van der Waals surface area contributed by atoms with Crippen LogP contribution in [0.25, 0.3) is 0 Å². The average Bonchev–Trinajstić information content (AvgIpc) is 2.37. The predicted octanol–water partition coefficient (Wildman–Crippen LogP) is 4.08. The summed E-state index contributed by atoms with van der Waals surface area (Å²) in [6.07, 6.45) is 0. The van der Waals surface area contributed by atoms with Crippen LogP contribution in [-0.2, 0) is 0 Å². The van der Waals surface area contributed by atoms with E-state index in [1.54, 1.807) is 18.2 Å². The van der Waals surface area contributed by atoms with Crippen molar-refractivity contribution in [3.63, 3.8) is 0 Å². The van der Waals surface area contributed by atoms with Gasteiger partial charge in [0.25, 0.3) is 5.91 Å². The number of nitrogens with zero attached hydrogens (tertiary/aromatic N) is 1. The van der Waals surface area contributed by atoms with Crippen LogP contribution in [0, 0.1) is 25.2 Å². The molecule has 4 heteroatoms. The molecule has 0 aliphatic carbocycles. The quantitative estimate of drug-likeness (QED) is 0.903. The first-order valence-corrected chi connectivity index (χ1v) is 6.46. The standard InChI is InChI=1S/C16H13ClN2O/c1-10-5-11(2)7-13(6-10)16(20)19-14-4-3-12(9-18)15(17)8-14/h3-8H,1-2H3,(H,19,20). The number of benzene rings is 2. The van der Waals surface area contributed by atoms with Crippen molar-refractivity contribution in [1.82, 2.24) is 0 Å². The number of amides is 1. The highest BCUT2D eigenvalue weighted by Gasteiger charge is 2.08. The summed E-state index contributed by atoms with van der Waals surface area (Å²) in [5.74, 6) is -0.197. The molecule has 0 aliphatic rings. The molecule has 20 heavy (non-hydrogen) atoms. The summed E-state index contributed by atoms with van der Waals surface area (Å²) in [6.45, 7) is 3.89. The van der Waals surface area contributed by atoms with Gasteiger partial charge in [-0.15, -0.1) is 0 Å². The van der Waals surface area contributed by atoms with Gasteiger partial charge in [0, 0.05) is 11.3 Å². The first-order chi connectivity index (χ1) is 9.49. The molecule has 0 saturated heterocycles. The van der Waals surface area contributed by atoms with Crippen molar-refractivity contribution >= 4 is 23.2 Å². The maximum absolute atomic E-state index is 12.2. The molecule has 0 unspecified atom stereocenters. The minimum atomic E-state index is -0.197. The van der Waals surface area contributed by atoms with E-state index in [2.05, 4.69) is 5.32 Å². The van der Waals surface area contributed by atoms with E-state index in [1.165, 1.54) is 0 Å². The second-order valence-electron chi connectivity index (χ2n) is 4.64. The number of carbonyl (C=O) groups is 1. The van der Waals surface area contributed by atoms with Crippen molar-refractivity contribution in [2.24, 2.45) is 0 Å². The molecular formula is C16H13ClN2O. The van der Waals surface area contributed by atoms with Crippen LogP contribution in [0.5, 0.6) is 0 Å². The Balaban J connectivity index is 2.23. The lowest BCUT2D eigenvalue weighted by Crippen LogP contribution is -2.12. The Morgan fingerprint density at radius 3 is 2.35 bits per heavy atom. The molecule has 0 heterocycles. The zero-order chi connectivity index (χ0) is 14.7. The van der Waals surface area contributed by atoms with Gasteiger partial charge in [0.15, 0.2) is 0 Å². The summed E-state index contributed by atoms with van der Waals surface area (Å²) in [5.41, 5.74) is 3.62. The van der Waals surface area contributed by atoms with E-state index >= 15 is 0 Å². The Bertz CT molecular complexity index is 697. The summed E-state index contributed by atoms with van der Waals surface area (Å²) in [7, 11) is 0. The van der Waals surface area contributed by atoms with Gasteiger partial charge < -0.3 is 5.32 Å². The SMILES string of the molecule is Cc1cc(C)cc(C(=O)Nc2ccc(C#N)c(Cl)c2)c1. The van der Waals surface area contributed by atoms with Crippen molar-refractivity contribution in [1.29, 1.82) is 5.26 Å². The van der Waals surface area contributed by atoms with E-state index in [0.717, 1.165) is 11.1 Å². The number of nitrogens with one attached hydrogen (secondary N) is 1. The van der Waals surface area contributed by atoms with Crippen LogP contribution in [0.15, 0.2) is 36.4 Å². The zero-order valence-corrected chi connectivity index (χ0v) is 12.0. The van der Waals surface area contributed by atoms with E-state index in [0.29, 0.717) is 21.8 Å². The summed E-state index contributed by atoms with van der Waals surface area (Å²) in [6, 6.07) is 12.5. The van der Waals surface area contributed by atoms with Gasteiger partial charge in [-0.2, -0.15) is 5.26 Å². The summed E-state index contributed by atoms with van der Waals surface area (Å²) < 4.78 is 0. The molecule has 100 valence electrons. The van der Waals surface area contributed by atoms with E-state index in [1.807, 2.05) is 38.1 Å². The third-order valence-corrected chi connectivity index (χ3v) is 3.14. The molecule has 0 saturated carbocycles. The number of nitriles is 1. The Morgan fingerprint density at radius 1 is 1.15 bits per heavy atom. The molecule has 0 spiro atoms. The predicted molar refractivity (Wildman–Crippen MR) is 80.0 cm³/mol. The van der Waals surface area contributed by atoms with E-state index in [4.69, 9.17) is 16.9 Å². The third kappa shape index (κ3) is 3.17. The second kappa shape index (κ2) is 5.77. The lowest BCUT2D eigenvalue weighted by Gasteiger charge is -2.08. The fourth-order valence-corrected chi connectivity index (χ4v) is 2.22. The molecule has 3 nitrogen and oxygen atoms in total. The zero-order valence-electron chi connectivity index (χ0n) is 11.2. The van der Waals surface area contributed by atoms with Crippen LogP contribution in [0.3, 0.4) is 0 Å². The molecule has 2 aromatic rings. The van der Waals surface area contributed by atoms with Gasteiger partial charge in [0.1, 0.15) is 6.07 Å². The minimum Gasteiger partial charge on any atom is -0.322 e. The Hall–Kier alpha value is -2.31. The van der Waals surface area contributed by atoms with Crippen LogP contribution in [0.2, 0.25) is 5.02 Å². The van der Waals surface area contributed by atoms with Crippen LogP contribution in [0.4, 0.5) is 5.69 Å². The average molecular weight is 285 g/mol. The van der Waals surface area contributed by atoms with Gasteiger partial charge in [-0.3, -0.25) is 4.79 Å². The lowest BCUT2D eigenvalue weighted by molar-refractivity contribution is 0.102. The monoisotopic (exact) mass is 284 g/mol. The number of hydrogen-bond donors (Lipinski definition) is 1.